The van der Waals surface area contributed by atoms with E-state index in [1.165, 1.54) is 52.1 Å². The lowest BCUT2D eigenvalue weighted by Gasteiger charge is -2.38. The second-order valence-electron chi connectivity index (χ2n) is 14.2. The van der Waals surface area contributed by atoms with Gasteiger partial charge < -0.3 is 84.7 Å². The maximum absolute atomic E-state index is 12.7. The number of anilines is 2. The van der Waals surface area contributed by atoms with Gasteiger partial charge in [0, 0.05) is 23.5 Å². The molecule has 308 valence electrons. The normalized spacial score (nSPS) is 14.5. The molecule has 2 fully saturated rings. The van der Waals surface area contributed by atoms with Gasteiger partial charge in [-0.2, -0.15) is 0 Å². The zero-order chi connectivity index (χ0) is 40.6. The van der Waals surface area contributed by atoms with E-state index in [1.54, 1.807) is 58.3 Å². The lowest BCUT2D eigenvalue weighted by molar-refractivity contribution is -0.894. The Balaban J connectivity index is 0.000000633. The molecule has 0 saturated heterocycles. The Kier molecular flexibility index (Phi) is 24.5. The highest BCUT2D eigenvalue weighted by Crippen LogP contribution is 2.26. The molecule has 2 aromatic rings. The predicted molar refractivity (Wildman–Crippen MR) is 242 cm³/mol. The Morgan fingerprint density at radius 1 is 0.582 bits per heavy atom. The van der Waals surface area contributed by atoms with E-state index >= 15 is 0 Å². The Morgan fingerprint density at radius 2 is 0.873 bits per heavy atom. The van der Waals surface area contributed by atoms with E-state index in [-0.39, 0.29) is 37.0 Å². The maximum atomic E-state index is 12.7. The van der Waals surface area contributed by atoms with Crippen LogP contribution in [0.5, 0.6) is 11.5 Å². The molecule has 0 heterocycles. The molecule has 0 radical (unpaired) electrons. The molecule has 2 aromatic carbocycles. The van der Waals surface area contributed by atoms with Crippen LogP contribution in [0.1, 0.15) is 106 Å². The Labute approximate surface area is 354 Å². The van der Waals surface area contributed by atoms with E-state index in [2.05, 4.69) is 52.2 Å². The molecule has 13 heteroatoms. The molecule has 4 N–H and O–H groups in total. The van der Waals surface area contributed by atoms with Crippen LogP contribution in [0.3, 0.4) is 0 Å². The number of quaternary nitrogens is 2. The monoisotopic (exact) mass is 832 g/mol. The van der Waals surface area contributed by atoms with Crippen molar-refractivity contribution in [2.45, 2.75) is 118 Å². The van der Waals surface area contributed by atoms with Crippen molar-refractivity contribution in [1.82, 2.24) is 9.80 Å². The summed E-state index contributed by atoms with van der Waals surface area (Å²) in [5.41, 5.74) is 1.33. The first-order valence-corrected chi connectivity index (χ1v) is 22.2. The van der Waals surface area contributed by atoms with E-state index in [0.29, 0.717) is 31.5 Å². The average Bonchev–Trinajstić information content (AvgIpc) is 3.20. The largest absolute Gasteiger partial charge is 0.457 e. The molecule has 2 saturated carbocycles. The summed E-state index contributed by atoms with van der Waals surface area (Å²) < 4.78 is 6.65. The zero-order valence-corrected chi connectivity index (χ0v) is 37.5. The van der Waals surface area contributed by atoms with Crippen LogP contribution in [-0.2, 0) is 34.8 Å². The molecule has 0 bridgehead atoms. The lowest BCUT2D eigenvalue weighted by Crippen LogP contribution is -3.11. The molecule has 0 unspecified atom stereocenters. The van der Waals surface area contributed by atoms with Crippen LogP contribution < -0.4 is 25.2 Å². The average molecular weight is 833 g/mol. The molecule has 55 heavy (non-hydrogen) atoms. The Hall–Kier alpha value is -2.68. The van der Waals surface area contributed by atoms with E-state index in [4.69, 9.17) is 54.4 Å². The van der Waals surface area contributed by atoms with Crippen LogP contribution in [0.15, 0.2) is 48.5 Å². The van der Waals surface area contributed by atoms with Crippen LogP contribution in [0.2, 0.25) is 0 Å². The zero-order valence-electron chi connectivity index (χ0n) is 34.3. The smallest absolute Gasteiger partial charge is 0.243 e. The summed E-state index contributed by atoms with van der Waals surface area (Å²) in [6, 6.07) is 14.8. The van der Waals surface area contributed by atoms with Crippen molar-refractivity contribution in [2.75, 3.05) is 63.0 Å². The van der Waals surface area contributed by atoms with E-state index in [9.17, 15) is 9.59 Å². The first-order chi connectivity index (χ1) is 26.5. The summed E-state index contributed by atoms with van der Waals surface area (Å²) in [5, 5.41) is 5.85. The fourth-order valence-electron chi connectivity index (χ4n) is 7.03. The number of hydrogen-bond donors (Lipinski definition) is 4. The number of thiocarbonyl (C=S) groups is 2. The van der Waals surface area contributed by atoms with Crippen molar-refractivity contribution < 1.29 is 24.1 Å². The summed E-state index contributed by atoms with van der Waals surface area (Å²) in [6.07, 6.45) is 11.1. The maximum Gasteiger partial charge on any atom is 0.243 e. The number of carbonyl (C=O) groups excluding carboxylic acids is 2. The van der Waals surface area contributed by atoms with Crippen molar-refractivity contribution in [3.63, 3.8) is 0 Å². The second-order valence-corrected chi connectivity index (χ2v) is 16.3. The predicted octanol–water partition coefficient (Wildman–Crippen LogP) is 6.15. The first kappa shape index (κ1) is 48.5. The van der Waals surface area contributed by atoms with Gasteiger partial charge in [-0.1, -0.05) is 47.2 Å². The fourth-order valence-corrected chi connectivity index (χ4v) is 7.88. The minimum Gasteiger partial charge on any atom is -0.457 e. The molecule has 2 aliphatic carbocycles. The van der Waals surface area contributed by atoms with Gasteiger partial charge in [-0.15, -0.1) is 0 Å². The third-order valence-corrected chi connectivity index (χ3v) is 11.6. The van der Waals surface area contributed by atoms with Gasteiger partial charge in [-0.3, -0.25) is 9.59 Å². The molecule has 0 atom stereocenters. The van der Waals surface area contributed by atoms with Crippen LogP contribution in [0, 0.1) is 0 Å². The Bertz CT molecular complexity index is 1280. The number of rotatable bonds is 16. The molecule has 4 rings (SSSR count). The summed E-state index contributed by atoms with van der Waals surface area (Å²) in [6.45, 7) is 21.3. The van der Waals surface area contributed by atoms with Crippen LogP contribution in [0.4, 0.5) is 11.4 Å². The highest BCUT2D eigenvalue weighted by molar-refractivity contribution is 8.00. The molecule has 0 spiro atoms. The van der Waals surface area contributed by atoms with Gasteiger partial charge in [0.25, 0.3) is 0 Å². The summed E-state index contributed by atoms with van der Waals surface area (Å²) in [7, 11) is 0. The standard InChI is InChI=1S/C30H38N4O3S4.2C6H15N/c35-27(19-33(29(38)39)23-7-3-1-4-8-23)31-21-11-15-25(16-12-21)37-26-17-13-22(14-18-26)32-28(36)20-34(30(40)41)24-9-5-2-6-10-24;2*1-4-7(5-2)6-3/h11-18,23-24H,1-10,19-20H2,(H,31,35)(H,32,36)(H,38,39)(H,40,41);2*4-6H2,1-3H3. The van der Waals surface area contributed by atoms with Crippen molar-refractivity contribution in [1.29, 1.82) is 0 Å². The minimum atomic E-state index is -0.148. The van der Waals surface area contributed by atoms with Gasteiger partial charge in [0.15, 0.2) is 0 Å². The van der Waals surface area contributed by atoms with E-state index < -0.39 is 0 Å². The highest BCUT2D eigenvalue weighted by atomic mass is 32.1. The van der Waals surface area contributed by atoms with Crippen molar-refractivity contribution >= 4 is 81.5 Å². The van der Waals surface area contributed by atoms with Gasteiger partial charge in [-0.25, -0.2) is 0 Å². The van der Waals surface area contributed by atoms with Crippen LogP contribution in [-0.4, -0.2) is 94.7 Å². The summed E-state index contributed by atoms with van der Waals surface area (Å²) >= 11 is 21.0. The van der Waals surface area contributed by atoms with Crippen molar-refractivity contribution in [3.8, 4) is 11.5 Å². The van der Waals surface area contributed by atoms with E-state index in [0.717, 1.165) is 51.4 Å². The molecule has 0 aliphatic heterocycles. The third-order valence-electron chi connectivity index (χ3n) is 10.6. The fraction of sp³-hybridized carbons (Fsp3) is 0.619. The van der Waals surface area contributed by atoms with Gasteiger partial charge in [0.05, 0.1) is 52.4 Å². The minimum absolute atomic E-state index is 0.148. The number of nitrogens with one attached hydrogen (secondary N) is 4. The molecule has 2 amide bonds. The number of nitrogens with zero attached hydrogens (tertiary/aromatic N) is 2. The third kappa shape index (κ3) is 18.9. The van der Waals surface area contributed by atoms with Gasteiger partial charge in [-0.05, 0) is 116 Å². The molecule has 0 aromatic heterocycles. The number of benzene rings is 2. The Morgan fingerprint density at radius 3 is 1.11 bits per heavy atom. The van der Waals surface area contributed by atoms with Crippen LogP contribution >= 0.6 is 24.4 Å². The SMILES string of the molecule is CC[NH+](CC)CC.CC[NH+](CC)CC.O=C(CN(C(=S)[S-])C1CCCCC1)Nc1ccc(Oc2ccc(NC(=O)CN(C(=S)[S-])C3CCCCC3)cc2)cc1. The number of hydrogen-bond acceptors (Lipinski definition) is 7. The quantitative estimate of drug-likeness (QED) is 0.118. The second kappa shape index (κ2) is 27.8. The molecular weight excluding hydrogens is 765 g/mol. The van der Waals surface area contributed by atoms with Gasteiger partial charge >= 0.3 is 0 Å². The number of ether oxygens (including phenoxy) is 1. The first-order valence-electron chi connectivity index (χ1n) is 20.6. The van der Waals surface area contributed by atoms with Crippen molar-refractivity contribution in [3.05, 3.63) is 48.5 Å². The lowest BCUT2D eigenvalue weighted by atomic mass is 9.94. The molecule has 2 aliphatic rings. The van der Waals surface area contributed by atoms with Crippen LogP contribution in [0.25, 0.3) is 0 Å². The topological polar surface area (TPSA) is 82.8 Å². The highest BCUT2D eigenvalue weighted by Gasteiger charge is 2.23. The summed E-state index contributed by atoms with van der Waals surface area (Å²) in [5.74, 6) is 0.950. The van der Waals surface area contributed by atoms with Gasteiger partial charge in [0.1, 0.15) is 11.5 Å². The number of amides is 2. The number of carbonyl (C=O) groups is 2. The molecular formula is C42H68N6O3S4. The van der Waals surface area contributed by atoms with Gasteiger partial charge in [0.2, 0.25) is 11.8 Å². The molecule has 9 nitrogen and oxygen atoms in total. The van der Waals surface area contributed by atoms with Crippen molar-refractivity contribution in [2.24, 2.45) is 0 Å². The summed E-state index contributed by atoms with van der Waals surface area (Å²) in [4.78, 5) is 32.5. The van der Waals surface area contributed by atoms with E-state index in [1.807, 2.05) is 9.80 Å².